The Morgan fingerprint density at radius 3 is 2.65 bits per heavy atom. The first kappa shape index (κ1) is 25.3. The summed E-state index contributed by atoms with van der Waals surface area (Å²) in [6, 6.07) is 13.2. The lowest BCUT2D eigenvalue weighted by atomic mass is 9.84. The Kier molecular flexibility index (Phi) is 8.36. The standard InChI is InChI=1S/C31H35FN4O/c32-28-3-1-2-24(20-28)6-11-31(37)35-29-9-4-23(5-10-29)12-17-36-18-13-25-7-8-27(21-26(25)14-19-36)30-22-33-15-16-34-30/h1-3,6-8,11,15-16,20-23,29H,4-5,9-10,12-14,17-19H2,(H,35,37)/b11-6+. The summed E-state index contributed by atoms with van der Waals surface area (Å²) in [5.41, 5.74) is 5.67. The van der Waals surface area contributed by atoms with E-state index in [1.54, 1.807) is 30.6 Å². The molecule has 1 amide bonds. The second kappa shape index (κ2) is 12.2. The third-order valence-corrected chi connectivity index (χ3v) is 7.78. The highest BCUT2D eigenvalue weighted by atomic mass is 19.1. The van der Waals surface area contributed by atoms with Gasteiger partial charge in [-0.2, -0.15) is 0 Å². The van der Waals surface area contributed by atoms with Crippen LogP contribution in [0.5, 0.6) is 0 Å². The fourth-order valence-electron chi connectivity index (χ4n) is 5.59. The van der Waals surface area contributed by atoms with Crippen LogP contribution in [0.2, 0.25) is 0 Å². The number of aromatic nitrogens is 2. The number of hydrogen-bond donors (Lipinski definition) is 1. The van der Waals surface area contributed by atoms with Gasteiger partial charge in [-0.3, -0.25) is 14.8 Å². The van der Waals surface area contributed by atoms with Crippen LogP contribution in [0.25, 0.3) is 17.3 Å². The zero-order valence-electron chi connectivity index (χ0n) is 21.3. The maximum atomic E-state index is 13.3. The van der Waals surface area contributed by atoms with E-state index in [9.17, 15) is 9.18 Å². The molecule has 0 saturated heterocycles. The molecule has 2 heterocycles. The monoisotopic (exact) mass is 498 g/mol. The van der Waals surface area contributed by atoms with E-state index in [0.29, 0.717) is 5.56 Å². The predicted molar refractivity (Wildman–Crippen MR) is 145 cm³/mol. The number of amides is 1. The maximum Gasteiger partial charge on any atom is 0.244 e. The first-order valence-corrected chi connectivity index (χ1v) is 13.5. The Bertz CT molecular complexity index is 1220. The Labute approximate surface area is 218 Å². The fourth-order valence-corrected chi connectivity index (χ4v) is 5.59. The van der Waals surface area contributed by atoms with Gasteiger partial charge in [0.05, 0.1) is 11.9 Å². The highest BCUT2D eigenvalue weighted by Gasteiger charge is 2.23. The molecule has 1 saturated carbocycles. The van der Waals surface area contributed by atoms with Crippen molar-refractivity contribution in [2.75, 3.05) is 19.6 Å². The third-order valence-electron chi connectivity index (χ3n) is 7.78. The highest BCUT2D eigenvalue weighted by molar-refractivity contribution is 5.91. The summed E-state index contributed by atoms with van der Waals surface area (Å²) in [5, 5.41) is 3.13. The zero-order chi connectivity index (χ0) is 25.5. The Balaban J connectivity index is 1.04. The molecular formula is C31H35FN4O. The fraction of sp³-hybridized carbons (Fsp3) is 0.387. The Hall–Kier alpha value is -3.38. The number of carbonyl (C=O) groups is 1. The number of carbonyl (C=O) groups excluding carboxylic acids is 1. The van der Waals surface area contributed by atoms with Gasteiger partial charge in [-0.15, -0.1) is 0 Å². The van der Waals surface area contributed by atoms with Gasteiger partial charge in [-0.05, 0) is 98.4 Å². The summed E-state index contributed by atoms with van der Waals surface area (Å²) in [6.45, 7) is 3.35. The molecule has 0 spiro atoms. The normalized spacial score (nSPS) is 20.4. The van der Waals surface area contributed by atoms with E-state index in [0.717, 1.165) is 75.3 Å². The molecule has 6 heteroatoms. The lowest BCUT2D eigenvalue weighted by molar-refractivity contribution is -0.117. The SMILES string of the molecule is O=C(/C=C/c1cccc(F)c1)NC1CCC(CCN2CCc3ccc(-c4cnccn4)cc3CC2)CC1. The van der Waals surface area contributed by atoms with Crippen LogP contribution in [-0.4, -0.2) is 46.5 Å². The molecule has 3 aromatic rings. The van der Waals surface area contributed by atoms with Crippen molar-refractivity contribution < 1.29 is 9.18 Å². The van der Waals surface area contributed by atoms with Gasteiger partial charge in [-0.1, -0.05) is 24.3 Å². The van der Waals surface area contributed by atoms with Gasteiger partial charge in [0.1, 0.15) is 5.82 Å². The molecule has 0 unspecified atom stereocenters. The number of nitrogens with zero attached hydrogens (tertiary/aromatic N) is 3. The summed E-state index contributed by atoms with van der Waals surface area (Å²) < 4.78 is 13.3. The van der Waals surface area contributed by atoms with Gasteiger partial charge in [0.25, 0.3) is 0 Å². The van der Waals surface area contributed by atoms with Gasteiger partial charge in [0.2, 0.25) is 5.91 Å². The van der Waals surface area contributed by atoms with Gasteiger partial charge >= 0.3 is 0 Å². The molecule has 5 rings (SSSR count). The summed E-state index contributed by atoms with van der Waals surface area (Å²) in [7, 11) is 0. The van der Waals surface area contributed by atoms with E-state index >= 15 is 0 Å². The van der Waals surface area contributed by atoms with Crippen LogP contribution < -0.4 is 5.32 Å². The molecule has 1 fully saturated rings. The van der Waals surface area contributed by atoms with Gasteiger partial charge in [0, 0.05) is 43.2 Å². The lowest BCUT2D eigenvalue weighted by Gasteiger charge is -2.30. The minimum absolute atomic E-state index is 0.0979. The first-order chi connectivity index (χ1) is 18.1. The molecule has 2 aromatic carbocycles. The molecule has 1 aliphatic heterocycles. The summed E-state index contributed by atoms with van der Waals surface area (Å²) >= 11 is 0. The number of halogens is 1. The molecule has 2 aliphatic rings. The Morgan fingerprint density at radius 2 is 1.86 bits per heavy atom. The predicted octanol–water partition coefficient (Wildman–Crippen LogP) is 5.46. The van der Waals surface area contributed by atoms with E-state index < -0.39 is 0 Å². The van der Waals surface area contributed by atoms with Crippen LogP contribution in [-0.2, 0) is 17.6 Å². The molecule has 192 valence electrons. The topological polar surface area (TPSA) is 58.1 Å². The van der Waals surface area contributed by atoms with Crippen molar-refractivity contribution in [2.24, 2.45) is 5.92 Å². The number of fused-ring (bicyclic) bond motifs is 1. The molecule has 1 aromatic heterocycles. The third kappa shape index (κ3) is 7.10. The smallest absolute Gasteiger partial charge is 0.244 e. The lowest BCUT2D eigenvalue weighted by Crippen LogP contribution is -2.37. The average Bonchev–Trinajstić information content (AvgIpc) is 3.14. The summed E-state index contributed by atoms with van der Waals surface area (Å²) in [5.74, 6) is 0.335. The maximum absolute atomic E-state index is 13.3. The van der Waals surface area contributed by atoms with Crippen molar-refractivity contribution in [1.29, 1.82) is 0 Å². The van der Waals surface area contributed by atoms with Crippen LogP contribution in [0.1, 0.15) is 48.8 Å². The van der Waals surface area contributed by atoms with E-state index in [1.807, 2.05) is 6.20 Å². The first-order valence-electron chi connectivity index (χ1n) is 13.5. The molecule has 37 heavy (non-hydrogen) atoms. The molecular weight excluding hydrogens is 463 g/mol. The molecule has 5 nitrogen and oxygen atoms in total. The van der Waals surface area contributed by atoms with Crippen molar-refractivity contribution in [3.05, 3.63) is 89.6 Å². The summed E-state index contributed by atoms with van der Waals surface area (Å²) in [4.78, 5) is 23.6. The second-order valence-electron chi connectivity index (χ2n) is 10.3. The van der Waals surface area contributed by atoms with E-state index in [-0.39, 0.29) is 17.8 Å². The van der Waals surface area contributed by atoms with Gasteiger partial charge in [-0.25, -0.2) is 4.39 Å². The van der Waals surface area contributed by atoms with Crippen molar-refractivity contribution in [2.45, 2.75) is 51.0 Å². The molecule has 0 radical (unpaired) electrons. The minimum Gasteiger partial charge on any atom is -0.350 e. The van der Waals surface area contributed by atoms with Crippen LogP contribution in [0.3, 0.4) is 0 Å². The van der Waals surface area contributed by atoms with E-state index in [2.05, 4.69) is 38.4 Å². The average molecular weight is 499 g/mol. The second-order valence-corrected chi connectivity index (χ2v) is 10.3. The summed E-state index contributed by atoms with van der Waals surface area (Å²) in [6.07, 6.45) is 16.2. The quantitative estimate of drug-likeness (QED) is 0.440. The Morgan fingerprint density at radius 1 is 1.03 bits per heavy atom. The van der Waals surface area contributed by atoms with Crippen LogP contribution in [0.15, 0.2) is 67.1 Å². The molecule has 1 aliphatic carbocycles. The van der Waals surface area contributed by atoms with Crippen molar-refractivity contribution in [3.63, 3.8) is 0 Å². The van der Waals surface area contributed by atoms with Crippen molar-refractivity contribution in [3.8, 4) is 11.3 Å². The highest BCUT2D eigenvalue weighted by Crippen LogP contribution is 2.28. The van der Waals surface area contributed by atoms with Crippen LogP contribution in [0, 0.1) is 11.7 Å². The van der Waals surface area contributed by atoms with E-state index in [4.69, 9.17) is 0 Å². The van der Waals surface area contributed by atoms with E-state index in [1.165, 1.54) is 35.8 Å². The van der Waals surface area contributed by atoms with Crippen LogP contribution >= 0.6 is 0 Å². The number of nitrogens with one attached hydrogen (secondary N) is 1. The van der Waals surface area contributed by atoms with Gasteiger partial charge < -0.3 is 10.2 Å². The van der Waals surface area contributed by atoms with Crippen LogP contribution in [0.4, 0.5) is 4.39 Å². The van der Waals surface area contributed by atoms with Gasteiger partial charge in [0.15, 0.2) is 0 Å². The largest absolute Gasteiger partial charge is 0.350 e. The molecule has 0 atom stereocenters. The number of benzene rings is 2. The van der Waals surface area contributed by atoms with Crippen molar-refractivity contribution >= 4 is 12.0 Å². The zero-order valence-corrected chi connectivity index (χ0v) is 21.3. The number of rotatable bonds is 7. The molecule has 0 bridgehead atoms. The van der Waals surface area contributed by atoms with Crippen molar-refractivity contribution in [1.82, 2.24) is 20.2 Å². The molecule has 1 N–H and O–H groups in total. The minimum atomic E-state index is -0.293. The number of hydrogen-bond acceptors (Lipinski definition) is 4.